The van der Waals surface area contributed by atoms with Crippen molar-refractivity contribution in [1.29, 1.82) is 0 Å². The molecule has 3 heterocycles. The summed E-state index contributed by atoms with van der Waals surface area (Å²) in [5.41, 5.74) is 9.38. The highest BCUT2D eigenvalue weighted by molar-refractivity contribution is 6.33. The van der Waals surface area contributed by atoms with Gasteiger partial charge in [-0.1, -0.05) is 17.7 Å². The van der Waals surface area contributed by atoms with Crippen LogP contribution < -0.4 is 10.5 Å². The number of halogens is 1. The molecule has 0 atom stereocenters. The Kier molecular flexibility index (Phi) is 5.20. The van der Waals surface area contributed by atoms with Gasteiger partial charge < -0.3 is 15.0 Å². The van der Waals surface area contributed by atoms with Gasteiger partial charge in [0.05, 0.1) is 23.7 Å². The number of nitrogens with two attached hydrogens (primary N) is 1. The van der Waals surface area contributed by atoms with Crippen LogP contribution in [0.3, 0.4) is 0 Å². The number of benzene rings is 1. The van der Waals surface area contributed by atoms with E-state index in [0.717, 1.165) is 29.8 Å². The van der Waals surface area contributed by atoms with E-state index in [9.17, 15) is 4.79 Å². The third-order valence-electron chi connectivity index (χ3n) is 5.63. The fourth-order valence-electron chi connectivity index (χ4n) is 3.67. The number of amides is 1. The lowest BCUT2D eigenvalue weighted by Crippen LogP contribution is -2.13. The molecule has 1 amide bonds. The van der Waals surface area contributed by atoms with E-state index in [1.165, 1.54) is 12.7 Å². The SMILES string of the molecule is Cc1cc(Cn2c(-c3ccc(CC(N)=O)cc3Cl)nc3c(OC4(C)CC4)ncnc32)ncn1. The van der Waals surface area contributed by atoms with Gasteiger partial charge in [-0.25, -0.2) is 19.9 Å². The molecule has 1 saturated carbocycles. The summed E-state index contributed by atoms with van der Waals surface area (Å²) in [4.78, 5) is 33.6. The van der Waals surface area contributed by atoms with Crippen molar-refractivity contribution in [2.24, 2.45) is 5.73 Å². The quantitative estimate of drug-likeness (QED) is 0.446. The second-order valence-corrected chi connectivity index (χ2v) is 8.94. The number of primary amides is 1. The van der Waals surface area contributed by atoms with Crippen LogP contribution in [0.25, 0.3) is 22.6 Å². The second-order valence-electron chi connectivity index (χ2n) is 8.53. The van der Waals surface area contributed by atoms with Crippen LogP contribution in [0.1, 0.15) is 36.7 Å². The van der Waals surface area contributed by atoms with Gasteiger partial charge in [-0.15, -0.1) is 0 Å². The maximum atomic E-state index is 11.3. The zero-order valence-corrected chi connectivity index (χ0v) is 19.0. The van der Waals surface area contributed by atoms with Gasteiger partial charge >= 0.3 is 0 Å². The molecule has 168 valence electrons. The van der Waals surface area contributed by atoms with Crippen molar-refractivity contribution < 1.29 is 9.53 Å². The van der Waals surface area contributed by atoms with Crippen LogP contribution in [0, 0.1) is 6.92 Å². The first-order valence-electron chi connectivity index (χ1n) is 10.6. The molecule has 0 radical (unpaired) electrons. The number of ether oxygens (including phenoxy) is 1. The fraction of sp³-hybridized carbons (Fsp3) is 0.304. The number of rotatable bonds is 7. The Bertz CT molecular complexity index is 1380. The van der Waals surface area contributed by atoms with Gasteiger partial charge in [0.15, 0.2) is 11.2 Å². The van der Waals surface area contributed by atoms with Crippen molar-refractivity contribution in [1.82, 2.24) is 29.5 Å². The Labute approximate surface area is 195 Å². The Morgan fingerprint density at radius 1 is 1.18 bits per heavy atom. The minimum Gasteiger partial charge on any atom is -0.470 e. The van der Waals surface area contributed by atoms with Crippen LogP contribution in [0.5, 0.6) is 5.88 Å². The third kappa shape index (κ3) is 4.36. The van der Waals surface area contributed by atoms with E-state index in [-0.39, 0.29) is 12.0 Å². The molecule has 0 aliphatic heterocycles. The lowest BCUT2D eigenvalue weighted by Gasteiger charge is -2.12. The molecule has 1 fully saturated rings. The number of nitrogens with zero attached hydrogens (tertiary/aromatic N) is 6. The summed E-state index contributed by atoms with van der Waals surface area (Å²) in [5.74, 6) is 0.624. The molecule has 10 heteroatoms. The van der Waals surface area contributed by atoms with Crippen LogP contribution in [-0.2, 0) is 17.8 Å². The standard InChI is InChI=1S/C23H22ClN7O2/c1-13-7-15(27-11-26-13)10-31-20(16-4-3-14(8-17(16)24)9-18(25)32)30-19-21(31)28-12-29-22(19)33-23(2)5-6-23/h3-4,7-8,11-12H,5-6,9-10H2,1-2H3,(H2,25,32). The number of fused-ring (bicyclic) bond motifs is 1. The molecule has 0 spiro atoms. The van der Waals surface area contributed by atoms with E-state index in [0.29, 0.717) is 40.0 Å². The number of imidazole rings is 1. The predicted molar refractivity (Wildman–Crippen MR) is 123 cm³/mol. The largest absolute Gasteiger partial charge is 0.470 e. The molecule has 1 aromatic carbocycles. The van der Waals surface area contributed by atoms with E-state index in [1.54, 1.807) is 6.07 Å². The number of aromatic nitrogens is 6. The van der Waals surface area contributed by atoms with Gasteiger partial charge in [0.25, 0.3) is 0 Å². The zero-order chi connectivity index (χ0) is 23.2. The average molecular weight is 464 g/mol. The fourth-order valence-corrected chi connectivity index (χ4v) is 3.95. The lowest BCUT2D eigenvalue weighted by molar-refractivity contribution is -0.117. The van der Waals surface area contributed by atoms with Crippen molar-refractivity contribution in [3.05, 3.63) is 58.9 Å². The number of hydrogen-bond donors (Lipinski definition) is 1. The highest BCUT2D eigenvalue weighted by Gasteiger charge is 2.41. The molecule has 1 aliphatic rings. The number of carbonyl (C=O) groups is 1. The molecule has 33 heavy (non-hydrogen) atoms. The van der Waals surface area contributed by atoms with Gasteiger partial charge in [-0.3, -0.25) is 4.79 Å². The summed E-state index contributed by atoms with van der Waals surface area (Å²) in [7, 11) is 0. The maximum absolute atomic E-state index is 11.3. The lowest BCUT2D eigenvalue weighted by atomic mass is 10.1. The van der Waals surface area contributed by atoms with Crippen molar-refractivity contribution in [2.45, 2.75) is 45.3 Å². The smallest absolute Gasteiger partial charge is 0.245 e. The molecule has 0 saturated heterocycles. The topological polar surface area (TPSA) is 122 Å². The highest BCUT2D eigenvalue weighted by Crippen LogP contribution is 2.41. The van der Waals surface area contributed by atoms with Crippen LogP contribution in [0.4, 0.5) is 0 Å². The number of hydrogen-bond acceptors (Lipinski definition) is 7. The van der Waals surface area contributed by atoms with Crippen molar-refractivity contribution >= 4 is 28.7 Å². The molecule has 4 aromatic rings. The van der Waals surface area contributed by atoms with Gasteiger partial charge in [-0.2, -0.15) is 4.98 Å². The molecular weight excluding hydrogens is 442 g/mol. The summed E-state index contributed by atoms with van der Waals surface area (Å²) < 4.78 is 8.10. The van der Waals surface area contributed by atoms with E-state index < -0.39 is 5.91 Å². The highest BCUT2D eigenvalue weighted by atomic mass is 35.5. The van der Waals surface area contributed by atoms with Gasteiger partial charge in [0.1, 0.15) is 24.1 Å². The van der Waals surface area contributed by atoms with Crippen molar-refractivity contribution in [3.8, 4) is 17.3 Å². The van der Waals surface area contributed by atoms with Crippen molar-refractivity contribution in [3.63, 3.8) is 0 Å². The first-order chi connectivity index (χ1) is 15.8. The van der Waals surface area contributed by atoms with Crippen LogP contribution in [0.15, 0.2) is 36.9 Å². The number of carbonyl (C=O) groups excluding carboxylic acids is 1. The zero-order valence-electron chi connectivity index (χ0n) is 18.2. The molecule has 2 N–H and O–H groups in total. The van der Waals surface area contributed by atoms with Gasteiger partial charge in [0.2, 0.25) is 11.8 Å². The first kappa shape index (κ1) is 21.3. The predicted octanol–water partition coefficient (Wildman–Crippen LogP) is 3.25. The van der Waals surface area contributed by atoms with E-state index >= 15 is 0 Å². The summed E-state index contributed by atoms with van der Waals surface area (Å²) in [6.07, 6.45) is 5.07. The molecular formula is C23H22ClN7O2. The molecule has 3 aromatic heterocycles. The molecule has 0 bridgehead atoms. The summed E-state index contributed by atoms with van der Waals surface area (Å²) in [5, 5.41) is 0.453. The Morgan fingerprint density at radius 3 is 2.67 bits per heavy atom. The van der Waals surface area contributed by atoms with Gasteiger partial charge in [-0.05, 0) is 50.5 Å². The molecule has 9 nitrogen and oxygen atoms in total. The summed E-state index contributed by atoms with van der Waals surface area (Å²) in [6, 6.07) is 7.30. The van der Waals surface area contributed by atoms with Gasteiger partial charge in [0, 0.05) is 11.3 Å². The Balaban J connectivity index is 1.66. The average Bonchev–Trinajstić information content (AvgIpc) is 3.37. The maximum Gasteiger partial charge on any atom is 0.245 e. The molecule has 0 unspecified atom stereocenters. The van der Waals surface area contributed by atoms with E-state index in [4.69, 9.17) is 27.1 Å². The monoisotopic (exact) mass is 463 g/mol. The Morgan fingerprint density at radius 2 is 1.97 bits per heavy atom. The molecule has 5 rings (SSSR count). The first-order valence-corrected chi connectivity index (χ1v) is 10.9. The second kappa shape index (κ2) is 8.08. The van der Waals surface area contributed by atoms with Crippen molar-refractivity contribution in [2.75, 3.05) is 0 Å². The van der Waals surface area contributed by atoms with E-state index in [1.807, 2.05) is 29.7 Å². The normalized spacial score (nSPS) is 14.4. The van der Waals surface area contributed by atoms with E-state index in [2.05, 4.69) is 26.9 Å². The minimum absolute atomic E-state index is 0.110. The van der Waals surface area contributed by atoms with Crippen LogP contribution >= 0.6 is 11.6 Å². The van der Waals surface area contributed by atoms with Crippen LogP contribution in [0.2, 0.25) is 5.02 Å². The van der Waals surface area contributed by atoms with Crippen LogP contribution in [-0.4, -0.2) is 41.0 Å². The summed E-state index contributed by atoms with van der Waals surface area (Å²) in [6.45, 7) is 4.37. The summed E-state index contributed by atoms with van der Waals surface area (Å²) >= 11 is 6.63. The minimum atomic E-state index is -0.421. The number of aryl methyl sites for hydroxylation is 1. The third-order valence-corrected chi connectivity index (χ3v) is 5.94. The Hall–Kier alpha value is -3.59. The molecule has 1 aliphatic carbocycles.